The number of aryl methyl sites for hydroxylation is 2. The van der Waals surface area contributed by atoms with Gasteiger partial charge in [-0.2, -0.15) is 0 Å². The van der Waals surface area contributed by atoms with Crippen LogP contribution in [0, 0.1) is 13.8 Å². The summed E-state index contributed by atoms with van der Waals surface area (Å²) >= 11 is 0. The summed E-state index contributed by atoms with van der Waals surface area (Å²) in [6.45, 7) is 3.57. The van der Waals surface area contributed by atoms with E-state index in [4.69, 9.17) is 5.11 Å². The van der Waals surface area contributed by atoms with E-state index in [2.05, 4.69) is 46.6 Å². The largest absolute Gasteiger partial charge is 0.480 e. The number of amides is 1. The van der Waals surface area contributed by atoms with E-state index in [1.807, 2.05) is 55.5 Å². The van der Waals surface area contributed by atoms with Crippen molar-refractivity contribution in [1.82, 2.24) is 10.3 Å². The molecule has 0 spiro atoms. The van der Waals surface area contributed by atoms with E-state index in [0.29, 0.717) is 17.7 Å². The van der Waals surface area contributed by atoms with Gasteiger partial charge < -0.3 is 15.6 Å². The Morgan fingerprint density at radius 1 is 0.895 bits per heavy atom. The minimum absolute atomic E-state index is 0.0371. The van der Waals surface area contributed by atoms with Crippen LogP contribution in [-0.2, 0) is 4.79 Å². The molecule has 0 saturated carbocycles. The number of pyridine rings is 1. The third kappa shape index (κ3) is 6.31. The van der Waals surface area contributed by atoms with Gasteiger partial charge in [0.15, 0.2) is 0 Å². The van der Waals surface area contributed by atoms with E-state index in [1.54, 1.807) is 18.3 Å². The van der Waals surface area contributed by atoms with Gasteiger partial charge in [-0.05, 0) is 65.9 Å². The zero-order valence-corrected chi connectivity index (χ0v) is 21.3. The van der Waals surface area contributed by atoms with Crippen LogP contribution in [0.3, 0.4) is 0 Å². The number of nitrogens with one attached hydrogen (secondary N) is 1. The molecule has 3 aromatic carbocycles. The molecule has 0 fully saturated rings. The summed E-state index contributed by atoms with van der Waals surface area (Å²) in [5.41, 5.74) is 7.98. The number of aromatic nitrogens is 1. The Hall–Kier alpha value is -4.78. The second-order valence-electron chi connectivity index (χ2n) is 9.12. The number of carboxylic acids is 1. The van der Waals surface area contributed by atoms with Gasteiger partial charge in [-0.15, -0.1) is 0 Å². The molecule has 1 amide bonds. The highest BCUT2D eigenvalue weighted by Crippen LogP contribution is 2.33. The summed E-state index contributed by atoms with van der Waals surface area (Å²) in [6.07, 6.45) is 2.22. The van der Waals surface area contributed by atoms with Crippen molar-refractivity contribution in [3.8, 4) is 11.1 Å². The Kier molecular flexibility index (Phi) is 8.28. The Balaban J connectivity index is 1.61. The first-order valence-corrected chi connectivity index (χ1v) is 12.3. The van der Waals surface area contributed by atoms with Crippen molar-refractivity contribution in [2.24, 2.45) is 5.16 Å². The molecular formula is C31H29N3O4. The second kappa shape index (κ2) is 12.0. The fourth-order valence-corrected chi connectivity index (χ4v) is 4.50. The number of carbonyl (C=O) groups is 2. The topological polar surface area (TPSA) is 112 Å². The van der Waals surface area contributed by atoms with Gasteiger partial charge in [0.05, 0.1) is 5.71 Å². The van der Waals surface area contributed by atoms with E-state index in [1.165, 1.54) is 0 Å². The van der Waals surface area contributed by atoms with Crippen LogP contribution in [0.15, 0.2) is 96.3 Å². The summed E-state index contributed by atoms with van der Waals surface area (Å²) < 4.78 is 0. The van der Waals surface area contributed by atoms with E-state index in [-0.39, 0.29) is 5.92 Å². The van der Waals surface area contributed by atoms with Crippen molar-refractivity contribution < 1.29 is 19.9 Å². The van der Waals surface area contributed by atoms with Crippen molar-refractivity contribution in [1.29, 1.82) is 0 Å². The lowest BCUT2D eigenvalue weighted by Crippen LogP contribution is -2.29. The molecule has 7 heteroatoms. The third-order valence-corrected chi connectivity index (χ3v) is 6.51. The lowest BCUT2D eigenvalue weighted by Gasteiger charge is -2.21. The molecule has 0 aliphatic rings. The number of carbonyl (C=O) groups excluding carboxylic acids is 1. The van der Waals surface area contributed by atoms with Gasteiger partial charge in [-0.3, -0.25) is 14.6 Å². The van der Waals surface area contributed by atoms with Crippen molar-refractivity contribution >= 4 is 17.6 Å². The van der Waals surface area contributed by atoms with Gasteiger partial charge in [-0.25, -0.2) is 0 Å². The van der Waals surface area contributed by atoms with Crippen molar-refractivity contribution in [3.63, 3.8) is 0 Å². The lowest BCUT2D eigenvalue weighted by atomic mass is 9.83. The average molecular weight is 508 g/mol. The summed E-state index contributed by atoms with van der Waals surface area (Å²) in [4.78, 5) is 27.0. The Morgan fingerprint density at radius 2 is 1.55 bits per heavy atom. The van der Waals surface area contributed by atoms with Gasteiger partial charge in [0.25, 0.3) is 5.91 Å². The van der Waals surface area contributed by atoms with Gasteiger partial charge in [-0.1, -0.05) is 65.8 Å². The molecule has 1 heterocycles. The zero-order valence-electron chi connectivity index (χ0n) is 21.3. The molecule has 0 bridgehead atoms. The molecule has 0 aliphatic heterocycles. The van der Waals surface area contributed by atoms with E-state index < -0.39 is 18.4 Å². The van der Waals surface area contributed by atoms with Crippen LogP contribution in [0.4, 0.5) is 0 Å². The van der Waals surface area contributed by atoms with E-state index >= 15 is 0 Å². The third-order valence-electron chi connectivity index (χ3n) is 6.51. The van der Waals surface area contributed by atoms with Crippen molar-refractivity contribution in [3.05, 3.63) is 125 Å². The molecule has 1 aromatic heterocycles. The average Bonchev–Trinajstić information content (AvgIpc) is 2.93. The predicted octanol–water partition coefficient (Wildman–Crippen LogP) is 5.58. The number of aliphatic carboxylic acids is 1. The minimum atomic E-state index is -1.09. The Bertz CT molecular complexity index is 1460. The van der Waals surface area contributed by atoms with Crippen molar-refractivity contribution in [2.45, 2.75) is 26.2 Å². The molecule has 0 unspecified atom stereocenters. The molecule has 1 atom stereocenters. The normalized spacial score (nSPS) is 12.1. The summed E-state index contributed by atoms with van der Waals surface area (Å²) in [6, 6.07) is 27.2. The molecule has 38 heavy (non-hydrogen) atoms. The van der Waals surface area contributed by atoms with Crippen LogP contribution in [0.1, 0.15) is 50.6 Å². The highest BCUT2D eigenvalue weighted by Gasteiger charge is 2.20. The lowest BCUT2D eigenvalue weighted by molar-refractivity contribution is -0.135. The number of hydrogen-bond acceptors (Lipinski definition) is 5. The maximum absolute atomic E-state index is 12.1. The number of oxime groups is 1. The predicted molar refractivity (Wildman–Crippen MR) is 147 cm³/mol. The molecule has 0 saturated heterocycles. The Morgan fingerprint density at radius 3 is 2.16 bits per heavy atom. The first-order chi connectivity index (χ1) is 18.4. The maximum Gasteiger partial charge on any atom is 0.322 e. The van der Waals surface area contributed by atoms with Crippen LogP contribution < -0.4 is 5.32 Å². The summed E-state index contributed by atoms with van der Waals surface area (Å²) in [5.74, 6) is -1.56. The number of nitrogens with zero attached hydrogens (tertiary/aromatic N) is 2. The number of rotatable bonds is 9. The summed E-state index contributed by atoms with van der Waals surface area (Å²) in [7, 11) is 0. The number of carboxylic acid groups (broad SMARTS) is 1. The zero-order chi connectivity index (χ0) is 27.1. The quantitative estimate of drug-likeness (QED) is 0.156. The van der Waals surface area contributed by atoms with Crippen LogP contribution in [0.2, 0.25) is 0 Å². The van der Waals surface area contributed by atoms with E-state index in [9.17, 15) is 14.8 Å². The summed E-state index contributed by atoms with van der Waals surface area (Å²) in [5, 5.41) is 24.7. The van der Waals surface area contributed by atoms with Crippen LogP contribution >= 0.6 is 0 Å². The molecule has 3 N–H and O–H groups in total. The minimum Gasteiger partial charge on any atom is -0.480 e. The molecule has 192 valence electrons. The molecule has 0 radical (unpaired) electrons. The fraction of sp³-hybridized carbons (Fsp3) is 0.161. The maximum atomic E-state index is 12.1. The molecule has 4 aromatic rings. The smallest absolute Gasteiger partial charge is 0.322 e. The first kappa shape index (κ1) is 26.3. The van der Waals surface area contributed by atoms with Crippen LogP contribution in [-0.4, -0.2) is 39.4 Å². The van der Waals surface area contributed by atoms with Gasteiger partial charge in [0.2, 0.25) is 0 Å². The second-order valence-corrected chi connectivity index (χ2v) is 9.12. The van der Waals surface area contributed by atoms with Gasteiger partial charge >= 0.3 is 5.97 Å². The molecule has 0 aliphatic carbocycles. The standard InChI is InChI=1S/C31H29N3O4/c1-20-5-3-4-6-27(20)28(18-29(34-38)26-15-16-32-21(2)17-26)24-11-7-22(8-12-24)23-9-13-25(14-10-23)31(37)33-19-30(35)36/h3-17,28,38H,18-19H2,1-2H3,(H,33,37)(H,35,36)/b34-29+/t28-/m1/s1. The fourth-order valence-electron chi connectivity index (χ4n) is 4.50. The molecule has 4 rings (SSSR count). The van der Waals surface area contributed by atoms with Crippen LogP contribution in [0.5, 0.6) is 0 Å². The highest BCUT2D eigenvalue weighted by molar-refractivity contribution is 6.01. The number of hydrogen-bond donors (Lipinski definition) is 3. The van der Waals surface area contributed by atoms with Crippen molar-refractivity contribution in [2.75, 3.05) is 6.54 Å². The van der Waals surface area contributed by atoms with Gasteiger partial charge in [0, 0.05) is 35.4 Å². The van der Waals surface area contributed by atoms with E-state index in [0.717, 1.165) is 39.1 Å². The monoisotopic (exact) mass is 507 g/mol. The number of benzene rings is 3. The Labute approximate surface area is 221 Å². The van der Waals surface area contributed by atoms with Crippen LogP contribution in [0.25, 0.3) is 11.1 Å². The molecular weight excluding hydrogens is 478 g/mol. The highest BCUT2D eigenvalue weighted by atomic mass is 16.4. The SMILES string of the molecule is Cc1cc(/C(C[C@H](c2ccc(-c3ccc(C(=O)NCC(=O)O)cc3)cc2)c2ccccc2C)=N/O)ccn1. The molecule has 7 nitrogen and oxygen atoms in total. The first-order valence-electron chi connectivity index (χ1n) is 12.3. The van der Waals surface area contributed by atoms with Gasteiger partial charge in [0.1, 0.15) is 6.54 Å².